The second kappa shape index (κ2) is 19.8. The lowest BCUT2D eigenvalue weighted by Gasteiger charge is -2.27. The first kappa shape index (κ1) is 41.9. The van der Waals surface area contributed by atoms with Crippen LogP contribution in [0.15, 0.2) is 84.7 Å². The summed E-state index contributed by atoms with van der Waals surface area (Å²) < 4.78 is 55.8. The zero-order chi connectivity index (χ0) is 38.3. The molecule has 0 radical (unpaired) electrons. The van der Waals surface area contributed by atoms with Gasteiger partial charge in [0.15, 0.2) is 13.2 Å². The molecule has 0 saturated heterocycles. The number of ketones is 1. The highest BCUT2D eigenvalue weighted by Crippen LogP contribution is 2.22. The quantitative estimate of drug-likeness (QED) is 0.121. The van der Waals surface area contributed by atoms with Crippen LogP contribution < -0.4 is 25.4 Å². The fourth-order valence-electron chi connectivity index (χ4n) is 4.36. The van der Waals surface area contributed by atoms with Gasteiger partial charge in [-0.3, -0.25) is 19.2 Å². The molecule has 2 rings (SSSR count). The van der Waals surface area contributed by atoms with Gasteiger partial charge in [-0.05, 0) is 72.5 Å². The van der Waals surface area contributed by atoms with Gasteiger partial charge in [-0.15, -0.1) is 0 Å². The van der Waals surface area contributed by atoms with E-state index in [0.29, 0.717) is 16.3 Å². The van der Waals surface area contributed by atoms with Crippen LogP contribution in [0.3, 0.4) is 0 Å². The van der Waals surface area contributed by atoms with Crippen molar-refractivity contribution in [1.29, 1.82) is 0 Å². The Bertz CT molecular complexity index is 1630. The Hall–Kier alpha value is -5.31. The van der Waals surface area contributed by atoms with Crippen molar-refractivity contribution in [3.63, 3.8) is 0 Å². The normalized spacial score (nSPS) is 13.5. The standard InChI is InChI=1S/C35H39ClF3N3O9/c1-6-24(49-5)11-10-21(4)31(34(48)41-30(20(2)3)32(46)35(37,38)39)42-33(47)27(17-22-8-7-9-23(36)16-22)40-28(43)18-50-25-12-14-26(15-13-25)51-19-29(44)45/h6-16,20,27,30-31H,4,17-19H2,1-3,5H3,(H,40,43)(H,41,48)(H,42,47)(H,44,45)/b11-10-,24-6+/t27-,30-,31-/m0/s1. The molecule has 0 spiro atoms. The molecule has 3 atom stereocenters. The number of carboxylic acids is 1. The van der Waals surface area contributed by atoms with Crippen molar-refractivity contribution in [2.24, 2.45) is 5.92 Å². The maximum Gasteiger partial charge on any atom is 0.452 e. The van der Waals surface area contributed by atoms with Gasteiger partial charge in [0.2, 0.25) is 11.8 Å². The van der Waals surface area contributed by atoms with Crippen molar-refractivity contribution >= 4 is 41.1 Å². The van der Waals surface area contributed by atoms with E-state index in [4.69, 9.17) is 30.9 Å². The van der Waals surface area contributed by atoms with Crippen molar-refractivity contribution in [1.82, 2.24) is 16.0 Å². The van der Waals surface area contributed by atoms with E-state index in [2.05, 4.69) is 22.5 Å². The second-order valence-electron chi connectivity index (χ2n) is 11.2. The minimum atomic E-state index is -5.25. The second-order valence-corrected chi connectivity index (χ2v) is 11.7. The van der Waals surface area contributed by atoms with Gasteiger partial charge >= 0.3 is 12.1 Å². The Kier molecular flexibility index (Phi) is 16.2. The molecule has 12 nitrogen and oxygen atoms in total. The van der Waals surface area contributed by atoms with Crippen LogP contribution in [0.1, 0.15) is 26.3 Å². The number of allylic oxidation sites excluding steroid dienone is 2. The fourth-order valence-corrected chi connectivity index (χ4v) is 4.57. The molecular weight excluding hydrogens is 699 g/mol. The van der Waals surface area contributed by atoms with Crippen LogP contribution in [0, 0.1) is 5.92 Å². The van der Waals surface area contributed by atoms with Gasteiger partial charge in [-0.1, -0.05) is 50.2 Å². The summed E-state index contributed by atoms with van der Waals surface area (Å²) in [6, 6.07) is 7.04. The average Bonchev–Trinajstić information content (AvgIpc) is 3.07. The highest BCUT2D eigenvalue weighted by Gasteiger charge is 2.45. The lowest BCUT2D eigenvalue weighted by atomic mass is 9.97. The number of ether oxygens (including phenoxy) is 3. The summed E-state index contributed by atoms with van der Waals surface area (Å²) in [6.45, 7) is 6.96. The Morgan fingerprint density at radius 2 is 1.53 bits per heavy atom. The first-order chi connectivity index (χ1) is 23.9. The fraction of sp³-hybridized carbons (Fsp3) is 0.343. The number of rotatable bonds is 19. The molecule has 0 aliphatic carbocycles. The number of hydrogen-bond donors (Lipinski definition) is 4. The van der Waals surface area contributed by atoms with Gasteiger partial charge in [0.25, 0.3) is 11.7 Å². The molecule has 0 saturated carbocycles. The maximum atomic E-state index is 13.8. The largest absolute Gasteiger partial charge is 0.497 e. The topological polar surface area (TPSA) is 169 Å². The van der Waals surface area contributed by atoms with E-state index >= 15 is 0 Å². The average molecular weight is 738 g/mol. The number of methoxy groups -OCH3 is 1. The number of carbonyl (C=O) groups is 5. The van der Waals surface area contributed by atoms with Gasteiger partial charge in [-0.2, -0.15) is 13.2 Å². The SMILES string of the molecule is C=C(/C=C\C(=C/C)OC)[C@H](NC(=O)[C@H](Cc1cccc(Cl)c1)NC(=O)COc1ccc(OCC(=O)O)cc1)C(=O)N[C@H](C(=O)C(F)(F)F)C(C)C. The molecule has 16 heteroatoms. The maximum absolute atomic E-state index is 13.8. The van der Waals surface area contributed by atoms with E-state index in [1.165, 1.54) is 57.4 Å². The minimum absolute atomic E-state index is 0.0915. The van der Waals surface area contributed by atoms with E-state index in [1.54, 1.807) is 37.3 Å². The first-order valence-electron chi connectivity index (χ1n) is 15.3. The zero-order valence-electron chi connectivity index (χ0n) is 28.2. The number of alkyl halides is 3. The van der Waals surface area contributed by atoms with Crippen LogP contribution in [0.4, 0.5) is 13.2 Å². The number of halogens is 4. The summed E-state index contributed by atoms with van der Waals surface area (Å²) >= 11 is 6.12. The van der Waals surface area contributed by atoms with E-state index in [-0.39, 0.29) is 23.5 Å². The van der Waals surface area contributed by atoms with Crippen LogP contribution >= 0.6 is 11.6 Å². The molecule has 0 aliphatic heterocycles. The molecule has 0 unspecified atom stereocenters. The predicted octanol–water partition coefficient (Wildman–Crippen LogP) is 4.33. The molecule has 0 aliphatic rings. The van der Waals surface area contributed by atoms with E-state index in [0.717, 1.165) is 0 Å². The Morgan fingerprint density at radius 1 is 0.922 bits per heavy atom. The highest BCUT2D eigenvalue weighted by molar-refractivity contribution is 6.30. The van der Waals surface area contributed by atoms with Gasteiger partial charge in [-0.25, -0.2) is 4.79 Å². The molecule has 3 amide bonds. The van der Waals surface area contributed by atoms with Crippen LogP contribution in [0.25, 0.3) is 0 Å². The van der Waals surface area contributed by atoms with Crippen molar-refractivity contribution in [2.75, 3.05) is 20.3 Å². The summed E-state index contributed by atoms with van der Waals surface area (Å²) in [7, 11) is 1.38. The molecule has 0 heterocycles. The molecule has 0 bridgehead atoms. The van der Waals surface area contributed by atoms with Crippen molar-refractivity contribution < 1.29 is 56.5 Å². The first-order valence-corrected chi connectivity index (χ1v) is 15.7. The van der Waals surface area contributed by atoms with Gasteiger partial charge in [0.05, 0.1) is 13.2 Å². The molecule has 2 aromatic rings. The summed E-state index contributed by atoms with van der Waals surface area (Å²) in [5.74, 6) is -6.39. The number of benzene rings is 2. The molecule has 0 aromatic heterocycles. The zero-order valence-corrected chi connectivity index (χ0v) is 29.0. The van der Waals surface area contributed by atoms with E-state index in [1.807, 2.05) is 0 Å². The highest BCUT2D eigenvalue weighted by atomic mass is 35.5. The third-order valence-electron chi connectivity index (χ3n) is 6.96. The van der Waals surface area contributed by atoms with Crippen molar-refractivity contribution in [3.05, 3.63) is 95.3 Å². The number of Topliss-reactive ketones (excluding diaryl/α,β-unsaturated/α-hetero) is 1. The number of carboxylic acid groups (broad SMARTS) is 1. The summed E-state index contributed by atoms with van der Waals surface area (Å²) in [5, 5.41) is 16.1. The number of nitrogens with one attached hydrogen (secondary N) is 3. The summed E-state index contributed by atoms with van der Waals surface area (Å²) in [5.41, 5.74) is 0.417. The number of hydrogen-bond acceptors (Lipinski definition) is 8. The molecule has 4 N–H and O–H groups in total. The molecule has 0 fully saturated rings. The van der Waals surface area contributed by atoms with Gasteiger partial charge in [0.1, 0.15) is 29.3 Å². The number of amides is 3. The van der Waals surface area contributed by atoms with Gasteiger partial charge in [0, 0.05) is 11.4 Å². The number of carbonyl (C=O) groups excluding carboxylic acids is 4. The van der Waals surface area contributed by atoms with Crippen LogP contribution in [0.2, 0.25) is 5.02 Å². The van der Waals surface area contributed by atoms with Crippen LogP contribution in [0.5, 0.6) is 11.5 Å². The van der Waals surface area contributed by atoms with Gasteiger partial charge < -0.3 is 35.3 Å². The monoisotopic (exact) mass is 737 g/mol. The van der Waals surface area contributed by atoms with Crippen molar-refractivity contribution in [2.45, 2.75) is 51.5 Å². The smallest absolute Gasteiger partial charge is 0.452 e. The van der Waals surface area contributed by atoms with Crippen LogP contribution in [-0.4, -0.2) is 79.2 Å². The third-order valence-corrected chi connectivity index (χ3v) is 7.20. The summed E-state index contributed by atoms with van der Waals surface area (Å²) in [4.78, 5) is 63.2. The van der Waals surface area contributed by atoms with Crippen molar-refractivity contribution in [3.8, 4) is 11.5 Å². The lowest BCUT2D eigenvalue weighted by Crippen LogP contribution is -2.58. The molecule has 276 valence electrons. The molecule has 51 heavy (non-hydrogen) atoms. The predicted molar refractivity (Wildman–Crippen MR) is 181 cm³/mol. The van der Waals surface area contributed by atoms with Crippen LogP contribution in [-0.2, 0) is 35.1 Å². The Labute approximate surface area is 297 Å². The Balaban J connectivity index is 2.36. The lowest BCUT2D eigenvalue weighted by molar-refractivity contribution is -0.175. The number of aliphatic carboxylic acids is 1. The Morgan fingerprint density at radius 3 is 2.04 bits per heavy atom. The van der Waals surface area contributed by atoms with E-state index in [9.17, 15) is 37.1 Å². The summed E-state index contributed by atoms with van der Waals surface area (Å²) in [6.07, 6.45) is -1.10. The molecule has 2 aromatic carbocycles. The third kappa shape index (κ3) is 14.2. The van der Waals surface area contributed by atoms with E-state index < -0.39 is 72.9 Å². The minimum Gasteiger partial charge on any atom is -0.497 e. The molecular formula is C35H39ClF3N3O9.